The van der Waals surface area contributed by atoms with E-state index in [2.05, 4.69) is 17.0 Å². The van der Waals surface area contributed by atoms with Gasteiger partial charge in [0.05, 0.1) is 0 Å². The zero-order chi connectivity index (χ0) is 13.9. The molecule has 2 saturated carbocycles. The highest BCUT2D eigenvalue weighted by molar-refractivity contribution is 5.79. The first-order valence-electron chi connectivity index (χ1n) is 7.84. The molecule has 0 aromatic heterocycles. The van der Waals surface area contributed by atoms with E-state index in [0.29, 0.717) is 18.0 Å². The van der Waals surface area contributed by atoms with Crippen LogP contribution in [0.3, 0.4) is 0 Å². The Morgan fingerprint density at radius 2 is 1.70 bits per heavy atom. The van der Waals surface area contributed by atoms with Gasteiger partial charge in [0, 0.05) is 24.5 Å². The van der Waals surface area contributed by atoms with Crippen LogP contribution in [-0.4, -0.2) is 22.9 Å². The van der Waals surface area contributed by atoms with E-state index in [1.165, 1.54) is 18.4 Å². The van der Waals surface area contributed by atoms with Crippen molar-refractivity contribution >= 4 is 5.91 Å². The third-order valence-electron chi connectivity index (χ3n) is 4.59. The summed E-state index contributed by atoms with van der Waals surface area (Å²) in [4.78, 5) is 14.9. The van der Waals surface area contributed by atoms with Crippen molar-refractivity contribution in [3.05, 3.63) is 35.9 Å². The SMILES string of the molecule is NC1CCC(C(=O)N(Cc2ccccc2)C2CC2)CC1. The first-order chi connectivity index (χ1) is 9.74. The van der Waals surface area contributed by atoms with Crippen LogP contribution in [0.5, 0.6) is 0 Å². The van der Waals surface area contributed by atoms with Crippen LogP contribution in [0.1, 0.15) is 44.1 Å². The molecule has 2 aliphatic rings. The van der Waals surface area contributed by atoms with Crippen molar-refractivity contribution in [1.29, 1.82) is 0 Å². The molecule has 1 aromatic rings. The molecule has 20 heavy (non-hydrogen) atoms. The minimum Gasteiger partial charge on any atom is -0.335 e. The molecule has 3 heteroatoms. The highest BCUT2D eigenvalue weighted by Gasteiger charge is 2.36. The van der Waals surface area contributed by atoms with Gasteiger partial charge in [-0.15, -0.1) is 0 Å². The van der Waals surface area contributed by atoms with Gasteiger partial charge >= 0.3 is 0 Å². The van der Waals surface area contributed by atoms with Gasteiger partial charge in [-0.25, -0.2) is 0 Å². The number of benzene rings is 1. The summed E-state index contributed by atoms with van der Waals surface area (Å²) in [6.45, 7) is 0.771. The number of carbonyl (C=O) groups is 1. The molecular weight excluding hydrogens is 248 g/mol. The zero-order valence-corrected chi connectivity index (χ0v) is 12.0. The molecule has 1 amide bonds. The average Bonchev–Trinajstić information content (AvgIpc) is 3.30. The molecular formula is C17H24N2O. The van der Waals surface area contributed by atoms with Gasteiger partial charge < -0.3 is 10.6 Å². The van der Waals surface area contributed by atoms with Crippen molar-refractivity contribution < 1.29 is 4.79 Å². The maximum atomic E-state index is 12.8. The Morgan fingerprint density at radius 1 is 1.05 bits per heavy atom. The predicted octanol–water partition coefficient (Wildman–Crippen LogP) is 2.70. The van der Waals surface area contributed by atoms with Crippen molar-refractivity contribution in [3.8, 4) is 0 Å². The maximum Gasteiger partial charge on any atom is 0.226 e. The number of rotatable bonds is 4. The van der Waals surface area contributed by atoms with E-state index in [-0.39, 0.29) is 5.92 Å². The zero-order valence-electron chi connectivity index (χ0n) is 12.0. The first-order valence-corrected chi connectivity index (χ1v) is 7.84. The molecule has 0 unspecified atom stereocenters. The van der Waals surface area contributed by atoms with Gasteiger partial charge in [-0.2, -0.15) is 0 Å². The topological polar surface area (TPSA) is 46.3 Å². The number of nitrogens with zero attached hydrogens (tertiary/aromatic N) is 1. The fourth-order valence-corrected chi connectivity index (χ4v) is 3.15. The lowest BCUT2D eigenvalue weighted by Gasteiger charge is -2.31. The highest BCUT2D eigenvalue weighted by atomic mass is 16.2. The molecule has 2 aliphatic carbocycles. The fraction of sp³-hybridized carbons (Fsp3) is 0.588. The quantitative estimate of drug-likeness (QED) is 0.916. The first kappa shape index (κ1) is 13.6. The van der Waals surface area contributed by atoms with E-state index < -0.39 is 0 Å². The number of nitrogens with two attached hydrogens (primary N) is 1. The van der Waals surface area contributed by atoms with Crippen LogP contribution in [0.4, 0.5) is 0 Å². The Hall–Kier alpha value is -1.35. The summed E-state index contributed by atoms with van der Waals surface area (Å²) in [6, 6.07) is 11.1. The Labute approximate surface area is 121 Å². The molecule has 2 N–H and O–H groups in total. The number of carbonyl (C=O) groups excluding carboxylic acids is 1. The molecule has 0 bridgehead atoms. The average molecular weight is 272 g/mol. The van der Waals surface area contributed by atoms with Crippen LogP contribution in [0, 0.1) is 5.92 Å². The second kappa shape index (κ2) is 5.96. The van der Waals surface area contributed by atoms with Crippen molar-refractivity contribution in [1.82, 2.24) is 4.90 Å². The Balaban J connectivity index is 1.66. The molecule has 108 valence electrons. The Kier molecular flexibility index (Phi) is 4.06. The van der Waals surface area contributed by atoms with Crippen LogP contribution in [0.2, 0.25) is 0 Å². The second-order valence-corrected chi connectivity index (χ2v) is 6.29. The molecule has 0 spiro atoms. The van der Waals surface area contributed by atoms with Gasteiger partial charge in [0.1, 0.15) is 0 Å². The lowest BCUT2D eigenvalue weighted by molar-refractivity contribution is -0.137. The molecule has 1 aromatic carbocycles. The van der Waals surface area contributed by atoms with Gasteiger partial charge in [0.25, 0.3) is 0 Å². The Morgan fingerprint density at radius 3 is 2.30 bits per heavy atom. The number of hydrogen-bond acceptors (Lipinski definition) is 2. The molecule has 0 radical (unpaired) electrons. The van der Waals surface area contributed by atoms with E-state index >= 15 is 0 Å². The van der Waals surface area contributed by atoms with E-state index in [9.17, 15) is 4.79 Å². The third-order valence-corrected chi connectivity index (χ3v) is 4.59. The standard InChI is InChI=1S/C17H24N2O/c18-15-8-6-14(7-9-15)17(20)19(16-10-11-16)12-13-4-2-1-3-5-13/h1-5,14-16H,6-12,18H2. The summed E-state index contributed by atoms with van der Waals surface area (Å²) >= 11 is 0. The summed E-state index contributed by atoms with van der Waals surface area (Å²) in [5.74, 6) is 0.572. The predicted molar refractivity (Wildman–Crippen MR) is 79.9 cm³/mol. The number of amides is 1. The minimum absolute atomic E-state index is 0.208. The van der Waals surface area contributed by atoms with Gasteiger partial charge in [-0.1, -0.05) is 30.3 Å². The molecule has 3 rings (SSSR count). The van der Waals surface area contributed by atoms with Crippen molar-refractivity contribution in [2.75, 3.05) is 0 Å². The lowest BCUT2D eigenvalue weighted by Crippen LogP contribution is -2.40. The summed E-state index contributed by atoms with van der Waals surface area (Å²) in [5, 5.41) is 0. The molecule has 0 aliphatic heterocycles. The monoisotopic (exact) mass is 272 g/mol. The van der Waals surface area contributed by atoms with Crippen LogP contribution in [0.15, 0.2) is 30.3 Å². The number of hydrogen-bond donors (Lipinski definition) is 1. The van der Waals surface area contributed by atoms with Crippen LogP contribution < -0.4 is 5.73 Å². The van der Waals surface area contributed by atoms with Crippen molar-refractivity contribution in [2.24, 2.45) is 11.7 Å². The summed E-state index contributed by atoms with van der Waals surface area (Å²) in [7, 11) is 0. The Bertz CT molecular complexity index is 447. The fourth-order valence-electron chi connectivity index (χ4n) is 3.15. The minimum atomic E-state index is 0.208. The van der Waals surface area contributed by atoms with Crippen molar-refractivity contribution in [3.63, 3.8) is 0 Å². The van der Waals surface area contributed by atoms with Gasteiger partial charge in [-0.05, 0) is 44.1 Å². The van der Waals surface area contributed by atoms with E-state index in [4.69, 9.17) is 5.73 Å². The third kappa shape index (κ3) is 3.21. The lowest BCUT2D eigenvalue weighted by atomic mass is 9.85. The van der Waals surface area contributed by atoms with E-state index in [1.54, 1.807) is 0 Å². The van der Waals surface area contributed by atoms with E-state index in [1.807, 2.05) is 18.2 Å². The van der Waals surface area contributed by atoms with Crippen LogP contribution in [0.25, 0.3) is 0 Å². The summed E-state index contributed by atoms with van der Waals surface area (Å²) in [5.41, 5.74) is 7.18. The largest absolute Gasteiger partial charge is 0.335 e. The van der Waals surface area contributed by atoms with E-state index in [0.717, 1.165) is 32.2 Å². The van der Waals surface area contributed by atoms with Crippen molar-refractivity contribution in [2.45, 2.75) is 57.2 Å². The molecule has 0 atom stereocenters. The highest BCUT2D eigenvalue weighted by Crippen LogP contribution is 2.33. The van der Waals surface area contributed by atoms with Crippen LogP contribution in [-0.2, 0) is 11.3 Å². The molecule has 2 fully saturated rings. The second-order valence-electron chi connectivity index (χ2n) is 6.29. The molecule has 0 saturated heterocycles. The maximum absolute atomic E-state index is 12.8. The smallest absolute Gasteiger partial charge is 0.226 e. The summed E-state index contributed by atoms with van der Waals surface area (Å²) < 4.78 is 0. The normalized spacial score (nSPS) is 26.2. The van der Waals surface area contributed by atoms with Gasteiger partial charge in [0.2, 0.25) is 5.91 Å². The molecule has 0 heterocycles. The summed E-state index contributed by atoms with van der Waals surface area (Å²) in [6.07, 6.45) is 6.28. The molecule has 3 nitrogen and oxygen atoms in total. The van der Waals surface area contributed by atoms with Gasteiger partial charge in [-0.3, -0.25) is 4.79 Å². The van der Waals surface area contributed by atoms with Gasteiger partial charge in [0.15, 0.2) is 0 Å². The van der Waals surface area contributed by atoms with Crippen LogP contribution >= 0.6 is 0 Å².